The second-order valence-electron chi connectivity index (χ2n) is 5.71. The molecule has 2 heteroatoms. The maximum Gasteiger partial charge on any atom is 0.0492 e. The van der Waals surface area contributed by atoms with Crippen LogP contribution in [0, 0.1) is 17.8 Å². The highest BCUT2D eigenvalue weighted by atomic mass is 16.3. The lowest BCUT2D eigenvalue weighted by Gasteiger charge is -2.36. The molecule has 0 heterocycles. The second kappa shape index (κ2) is 5.81. The third-order valence-corrected chi connectivity index (χ3v) is 4.82. The Hall–Kier alpha value is -0.370. The molecule has 0 spiro atoms. The molecular formula is C14H25NO. The molecule has 2 saturated carbocycles. The van der Waals surface area contributed by atoms with E-state index in [9.17, 15) is 0 Å². The first kappa shape index (κ1) is 12.1. The standard InChI is InChI=1S/C14H25NO/c1-15-14-8-6-13(7-9-14)12-4-2-11(10-16)3-5-12/h11-14,16H,1-10H2. The highest BCUT2D eigenvalue weighted by Gasteiger charge is 2.30. The Morgan fingerprint density at radius 3 is 1.81 bits per heavy atom. The molecule has 2 fully saturated rings. The van der Waals surface area contributed by atoms with Crippen LogP contribution in [-0.4, -0.2) is 24.5 Å². The van der Waals surface area contributed by atoms with E-state index in [-0.39, 0.29) is 0 Å². The minimum Gasteiger partial charge on any atom is -0.396 e. The predicted octanol–water partition coefficient (Wildman–Crippen LogP) is 3.04. The molecule has 0 amide bonds. The van der Waals surface area contributed by atoms with E-state index in [4.69, 9.17) is 5.11 Å². The van der Waals surface area contributed by atoms with Crippen LogP contribution >= 0.6 is 0 Å². The van der Waals surface area contributed by atoms with E-state index >= 15 is 0 Å². The molecule has 0 radical (unpaired) electrons. The lowest BCUT2D eigenvalue weighted by molar-refractivity contribution is 0.124. The fourth-order valence-corrected chi connectivity index (χ4v) is 3.60. The number of hydrogen-bond acceptors (Lipinski definition) is 2. The SMILES string of the molecule is C=NC1CCC(C2CCC(CO)CC2)CC1. The van der Waals surface area contributed by atoms with Crippen LogP contribution in [0.4, 0.5) is 0 Å². The Morgan fingerprint density at radius 1 is 0.875 bits per heavy atom. The van der Waals surface area contributed by atoms with Crippen LogP contribution in [0.2, 0.25) is 0 Å². The van der Waals surface area contributed by atoms with Gasteiger partial charge in [0.25, 0.3) is 0 Å². The van der Waals surface area contributed by atoms with Crippen molar-refractivity contribution in [3.8, 4) is 0 Å². The zero-order valence-corrected chi connectivity index (χ0v) is 10.3. The highest BCUT2D eigenvalue weighted by molar-refractivity contribution is 5.24. The maximum atomic E-state index is 9.13. The van der Waals surface area contributed by atoms with Gasteiger partial charge in [-0.3, -0.25) is 4.99 Å². The van der Waals surface area contributed by atoms with Crippen molar-refractivity contribution in [1.29, 1.82) is 0 Å². The summed E-state index contributed by atoms with van der Waals surface area (Å²) in [6.45, 7) is 4.07. The van der Waals surface area contributed by atoms with Crippen LogP contribution in [0.3, 0.4) is 0 Å². The van der Waals surface area contributed by atoms with Gasteiger partial charge < -0.3 is 5.11 Å². The molecule has 0 aromatic heterocycles. The summed E-state index contributed by atoms with van der Waals surface area (Å²) in [7, 11) is 0. The van der Waals surface area contributed by atoms with Crippen molar-refractivity contribution in [2.45, 2.75) is 57.4 Å². The average molecular weight is 223 g/mol. The van der Waals surface area contributed by atoms with Crippen molar-refractivity contribution >= 4 is 6.72 Å². The number of aliphatic hydroxyl groups is 1. The van der Waals surface area contributed by atoms with E-state index in [0.29, 0.717) is 18.6 Å². The summed E-state index contributed by atoms with van der Waals surface area (Å²) in [6, 6.07) is 0.546. The van der Waals surface area contributed by atoms with Gasteiger partial charge in [-0.15, -0.1) is 0 Å². The molecular weight excluding hydrogens is 198 g/mol. The van der Waals surface area contributed by atoms with Gasteiger partial charge in [-0.05, 0) is 75.8 Å². The first-order chi connectivity index (χ1) is 7.83. The first-order valence-corrected chi connectivity index (χ1v) is 6.90. The Kier molecular flexibility index (Phi) is 4.39. The summed E-state index contributed by atoms with van der Waals surface area (Å²) >= 11 is 0. The fourth-order valence-electron chi connectivity index (χ4n) is 3.60. The molecule has 0 unspecified atom stereocenters. The molecule has 16 heavy (non-hydrogen) atoms. The van der Waals surface area contributed by atoms with Gasteiger partial charge >= 0.3 is 0 Å². The summed E-state index contributed by atoms with van der Waals surface area (Å²) in [5, 5.41) is 9.13. The third kappa shape index (κ3) is 2.85. The maximum absolute atomic E-state index is 9.13. The van der Waals surface area contributed by atoms with E-state index in [0.717, 1.165) is 11.8 Å². The van der Waals surface area contributed by atoms with E-state index in [1.165, 1.54) is 51.4 Å². The summed E-state index contributed by atoms with van der Waals surface area (Å²) in [5.74, 6) is 2.48. The minimum atomic E-state index is 0.403. The van der Waals surface area contributed by atoms with E-state index in [1.807, 2.05) is 0 Å². The lowest BCUT2D eigenvalue weighted by atomic mass is 9.70. The molecule has 2 rings (SSSR count). The van der Waals surface area contributed by atoms with Crippen molar-refractivity contribution in [2.75, 3.05) is 6.61 Å². The average Bonchev–Trinajstić information content (AvgIpc) is 2.39. The zero-order chi connectivity index (χ0) is 11.4. The Bertz CT molecular complexity index is 213. The van der Waals surface area contributed by atoms with Crippen LogP contribution in [0.15, 0.2) is 4.99 Å². The van der Waals surface area contributed by atoms with E-state index in [1.54, 1.807) is 0 Å². The van der Waals surface area contributed by atoms with Crippen LogP contribution in [-0.2, 0) is 0 Å². The second-order valence-corrected chi connectivity index (χ2v) is 5.71. The van der Waals surface area contributed by atoms with Crippen molar-refractivity contribution < 1.29 is 5.11 Å². The Balaban J connectivity index is 1.75. The summed E-state index contributed by atoms with van der Waals surface area (Å²) in [5.41, 5.74) is 0. The van der Waals surface area contributed by atoms with Crippen molar-refractivity contribution in [1.82, 2.24) is 0 Å². The Morgan fingerprint density at radius 2 is 1.38 bits per heavy atom. The highest BCUT2D eigenvalue weighted by Crippen LogP contribution is 2.40. The molecule has 1 N–H and O–H groups in total. The van der Waals surface area contributed by atoms with Crippen molar-refractivity contribution in [3.05, 3.63) is 0 Å². The molecule has 2 nitrogen and oxygen atoms in total. The topological polar surface area (TPSA) is 32.6 Å². The first-order valence-electron chi connectivity index (χ1n) is 6.90. The molecule has 92 valence electrons. The molecule has 0 saturated heterocycles. The fraction of sp³-hybridized carbons (Fsp3) is 0.929. The summed E-state index contributed by atoms with van der Waals surface area (Å²) in [4.78, 5) is 4.17. The van der Waals surface area contributed by atoms with Crippen molar-refractivity contribution in [2.24, 2.45) is 22.7 Å². The molecule has 0 bridgehead atoms. The number of nitrogens with zero attached hydrogens (tertiary/aromatic N) is 1. The number of hydrogen-bond donors (Lipinski definition) is 1. The van der Waals surface area contributed by atoms with E-state index in [2.05, 4.69) is 11.7 Å². The Labute approximate surface area is 99.2 Å². The van der Waals surface area contributed by atoms with Gasteiger partial charge in [0, 0.05) is 12.6 Å². The van der Waals surface area contributed by atoms with Crippen LogP contribution in [0.25, 0.3) is 0 Å². The largest absolute Gasteiger partial charge is 0.396 e. The summed E-state index contributed by atoms with van der Waals surface area (Å²) in [6.07, 6.45) is 10.4. The normalized spacial score (nSPS) is 40.6. The van der Waals surface area contributed by atoms with Crippen LogP contribution < -0.4 is 0 Å². The van der Waals surface area contributed by atoms with Crippen LogP contribution in [0.5, 0.6) is 0 Å². The minimum absolute atomic E-state index is 0.403. The molecule has 0 atom stereocenters. The van der Waals surface area contributed by atoms with Gasteiger partial charge in [0.05, 0.1) is 0 Å². The molecule has 0 aliphatic heterocycles. The molecule has 0 aromatic rings. The quantitative estimate of drug-likeness (QED) is 0.733. The van der Waals surface area contributed by atoms with Gasteiger partial charge in [0.1, 0.15) is 0 Å². The smallest absolute Gasteiger partial charge is 0.0492 e. The van der Waals surface area contributed by atoms with Crippen LogP contribution in [0.1, 0.15) is 51.4 Å². The molecule has 2 aliphatic rings. The van der Waals surface area contributed by atoms with Crippen molar-refractivity contribution in [3.63, 3.8) is 0 Å². The van der Waals surface area contributed by atoms with Gasteiger partial charge in [0.2, 0.25) is 0 Å². The molecule has 0 aromatic carbocycles. The number of rotatable bonds is 3. The van der Waals surface area contributed by atoms with Gasteiger partial charge in [-0.25, -0.2) is 0 Å². The summed E-state index contributed by atoms with van der Waals surface area (Å²) < 4.78 is 0. The van der Waals surface area contributed by atoms with Gasteiger partial charge in [-0.2, -0.15) is 0 Å². The monoisotopic (exact) mass is 223 g/mol. The lowest BCUT2D eigenvalue weighted by Crippen LogP contribution is -2.27. The van der Waals surface area contributed by atoms with Gasteiger partial charge in [0.15, 0.2) is 0 Å². The third-order valence-electron chi connectivity index (χ3n) is 4.82. The zero-order valence-electron chi connectivity index (χ0n) is 10.3. The predicted molar refractivity (Wildman–Crippen MR) is 67.8 cm³/mol. The van der Waals surface area contributed by atoms with E-state index < -0.39 is 0 Å². The van der Waals surface area contributed by atoms with Gasteiger partial charge in [-0.1, -0.05) is 0 Å². The number of aliphatic hydroxyl groups excluding tert-OH is 1. The molecule has 2 aliphatic carbocycles. The number of aliphatic imine (C=N–C) groups is 1.